The van der Waals surface area contributed by atoms with Crippen molar-refractivity contribution in [2.45, 2.75) is 25.3 Å². The number of aromatic nitrogens is 2. The van der Waals surface area contributed by atoms with Crippen LogP contribution in [0.3, 0.4) is 0 Å². The lowest BCUT2D eigenvalue weighted by molar-refractivity contribution is 0.188. The Balaban J connectivity index is 1.97. The molecule has 108 valence electrons. The standard InChI is InChI=1S/C14H18FN3O2/c1-19-8-4-7-12(16)14-17-13(18-20-14)9-10-5-2-3-6-11(10)15/h2-3,5-6,12H,4,7-9,16H2,1H3. The molecule has 0 bridgehead atoms. The van der Waals surface area contributed by atoms with E-state index in [2.05, 4.69) is 10.1 Å². The topological polar surface area (TPSA) is 74.2 Å². The molecule has 2 aromatic rings. The van der Waals surface area contributed by atoms with Crippen LogP contribution in [-0.2, 0) is 11.2 Å². The molecule has 1 aromatic carbocycles. The molecule has 20 heavy (non-hydrogen) atoms. The Morgan fingerprint density at radius 3 is 2.95 bits per heavy atom. The van der Waals surface area contributed by atoms with E-state index in [4.69, 9.17) is 15.0 Å². The molecular weight excluding hydrogens is 261 g/mol. The van der Waals surface area contributed by atoms with Gasteiger partial charge in [0.05, 0.1) is 6.04 Å². The number of methoxy groups -OCH3 is 1. The molecule has 0 radical (unpaired) electrons. The van der Waals surface area contributed by atoms with Gasteiger partial charge in [-0.25, -0.2) is 4.39 Å². The van der Waals surface area contributed by atoms with Crippen LogP contribution in [0.15, 0.2) is 28.8 Å². The normalized spacial score (nSPS) is 12.6. The second-order valence-electron chi connectivity index (χ2n) is 4.56. The molecule has 0 spiro atoms. The zero-order chi connectivity index (χ0) is 14.4. The maximum atomic E-state index is 13.5. The Bertz CT molecular complexity index is 545. The molecule has 0 aliphatic rings. The summed E-state index contributed by atoms with van der Waals surface area (Å²) in [5.74, 6) is 0.544. The third-order valence-electron chi connectivity index (χ3n) is 2.97. The quantitative estimate of drug-likeness (QED) is 0.787. The molecule has 0 amide bonds. The zero-order valence-electron chi connectivity index (χ0n) is 11.4. The van der Waals surface area contributed by atoms with Crippen LogP contribution < -0.4 is 5.73 Å². The van der Waals surface area contributed by atoms with Crippen molar-refractivity contribution in [3.05, 3.63) is 47.4 Å². The predicted octanol–water partition coefficient (Wildman–Crippen LogP) is 2.23. The average Bonchev–Trinajstić information content (AvgIpc) is 2.90. The monoisotopic (exact) mass is 279 g/mol. The minimum atomic E-state index is -0.313. The largest absolute Gasteiger partial charge is 0.385 e. The van der Waals surface area contributed by atoms with E-state index in [1.54, 1.807) is 25.3 Å². The number of rotatable bonds is 7. The fraction of sp³-hybridized carbons (Fsp3) is 0.429. The summed E-state index contributed by atoms with van der Waals surface area (Å²) in [6.45, 7) is 0.643. The molecular formula is C14H18FN3O2. The van der Waals surface area contributed by atoms with E-state index in [9.17, 15) is 4.39 Å². The van der Waals surface area contributed by atoms with E-state index in [1.807, 2.05) is 0 Å². The molecule has 6 heteroatoms. The van der Waals surface area contributed by atoms with Crippen LogP contribution in [0.25, 0.3) is 0 Å². The number of halogens is 1. The smallest absolute Gasteiger partial charge is 0.243 e. The first kappa shape index (κ1) is 14.6. The van der Waals surface area contributed by atoms with Crippen LogP contribution in [0.4, 0.5) is 4.39 Å². The maximum absolute atomic E-state index is 13.5. The van der Waals surface area contributed by atoms with Crippen molar-refractivity contribution in [1.82, 2.24) is 10.1 Å². The van der Waals surface area contributed by atoms with Gasteiger partial charge in [0.1, 0.15) is 5.82 Å². The lowest BCUT2D eigenvalue weighted by Gasteiger charge is -2.05. The van der Waals surface area contributed by atoms with Crippen LogP contribution in [0.1, 0.15) is 36.2 Å². The number of nitrogens with zero attached hydrogens (tertiary/aromatic N) is 2. The third-order valence-corrected chi connectivity index (χ3v) is 2.97. The van der Waals surface area contributed by atoms with Crippen molar-refractivity contribution in [2.75, 3.05) is 13.7 Å². The number of hydrogen-bond acceptors (Lipinski definition) is 5. The lowest BCUT2D eigenvalue weighted by atomic mass is 10.1. The van der Waals surface area contributed by atoms with E-state index in [-0.39, 0.29) is 11.9 Å². The SMILES string of the molecule is COCCCC(N)c1nc(Cc2ccccc2F)no1. The Morgan fingerprint density at radius 1 is 1.40 bits per heavy atom. The predicted molar refractivity (Wildman–Crippen MR) is 71.5 cm³/mol. The molecule has 0 aliphatic heterocycles. The Labute approximate surface area is 116 Å². The molecule has 1 unspecified atom stereocenters. The second kappa shape index (κ2) is 7.12. The Morgan fingerprint density at radius 2 is 2.20 bits per heavy atom. The fourth-order valence-electron chi connectivity index (χ4n) is 1.87. The minimum Gasteiger partial charge on any atom is -0.385 e. The molecule has 5 nitrogen and oxygen atoms in total. The van der Waals surface area contributed by atoms with Gasteiger partial charge in [-0.3, -0.25) is 0 Å². The van der Waals surface area contributed by atoms with Gasteiger partial charge >= 0.3 is 0 Å². The van der Waals surface area contributed by atoms with Gasteiger partial charge in [-0.2, -0.15) is 4.98 Å². The van der Waals surface area contributed by atoms with Crippen LogP contribution in [-0.4, -0.2) is 23.9 Å². The lowest BCUT2D eigenvalue weighted by Crippen LogP contribution is -2.11. The van der Waals surface area contributed by atoms with Gasteiger partial charge in [-0.05, 0) is 24.5 Å². The summed E-state index contributed by atoms with van der Waals surface area (Å²) in [6, 6.07) is 6.21. The maximum Gasteiger partial charge on any atom is 0.243 e. The summed E-state index contributed by atoms with van der Waals surface area (Å²) in [6.07, 6.45) is 1.82. The summed E-state index contributed by atoms with van der Waals surface area (Å²) >= 11 is 0. The van der Waals surface area contributed by atoms with Crippen molar-refractivity contribution in [1.29, 1.82) is 0 Å². The summed E-state index contributed by atoms with van der Waals surface area (Å²) in [5.41, 5.74) is 6.48. The van der Waals surface area contributed by atoms with Gasteiger partial charge in [0.25, 0.3) is 0 Å². The van der Waals surface area contributed by atoms with E-state index in [0.29, 0.717) is 36.7 Å². The van der Waals surface area contributed by atoms with Gasteiger partial charge in [0, 0.05) is 20.1 Å². The highest BCUT2D eigenvalue weighted by Crippen LogP contribution is 2.16. The van der Waals surface area contributed by atoms with Crippen molar-refractivity contribution in [3.8, 4) is 0 Å². The average molecular weight is 279 g/mol. The molecule has 2 rings (SSSR count). The van der Waals surface area contributed by atoms with Gasteiger partial charge < -0.3 is 15.0 Å². The summed E-state index contributed by atoms with van der Waals surface area (Å²) in [7, 11) is 1.64. The number of benzene rings is 1. The van der Waals surface area contributed by atoms with Crippen molar-refractivity contribution in [2.24, 2.45) is 5.73 Å². The molecule has 0 aliphatic carbocycles. The highest BCUT2D eigenvalue weighted by Gasteiger charge is 2.15. The first-order valence-electron chi connectivity index (χ1n) is 6.51. The first-order valence-corrected chi connectivity index (χ1v) is 6.51. The molecule has 2 N–H and O–H groups in total. The molecule has 0 saturated carbocycles. The van der Waals surface area contributed by atoms with E-state index in [0.717, 1.165) is 6.42 Å². The highest BCUT2D eigenvalue weighted by molar-refractivity contribution is 5.20. The Kier molecular flexibility index (Phi) is 5.20. The minimum absolute atomic E-state index is 0.275. The molecule has 1 heterocycles. The summed E-state index contributed by atoms with van der Waals surface area (Å²) < 4.78 is 23.6. The van der Waals surface area contributed by atoms with Crippen molar-refractivity contribution < 1.29 is 13.7 Å². The van der Waals surface area contributed by atoms with Crippen LogP contribution >= 0.6 is 0 Å². The van der Waals surface area contributed by atoms with E-state index in [1.165, 1.54) is 6.07 Å². The zero-order valence-corrected chi connectivity index (χ0v) is 11.4. The number of ether oxygens (including phenoxy) is 1. The van der Waals surface area contributed by atoms with Gasteiger partial charge in [-0.15, -0.1) is 0 Å². The molecule has 0 fully saturated rings. The molecule has 1 atom stereocenters. The number of hydrogen-bond donors (Lipinski definition) is 1. The Hall–Kier alpha value is -1.79. The van der Waals surface area contributed by atoms with Crippen LogP contribution in [0.2, 0.25) is 0 Å². The van der Waals surface area contributed by atoms with E-state index >= 15 is 0 Å². The van der Waals surface area contributed by atoms with Crippen LogP contribution in [0.5, 0.6) is 0 Å². The van der Waals surface area contributed by atoms with E-state index < -0.39 is 0 Å². The van der Waals surface area contributed by atoms with Gasteiger partial charge in [0.15, 0.2) is 5.82 Å². The summed E-state index contributed by atoms with van der Waals surface area (Å²) in [4.78, 5) is 4.22. The fourth-order valence-corrected chi connectivity index (χ4v) is 1.87. The number of nitrogens with two attached hydrogens (primary N) is 1. The molecule has 0 saturated heterocycles. The van der Waals surface area contributed by atoms with Crippen molar-refractivity contribution in [3.63, 3.8) is 0 Å². The van der Waals surface area contributed by atoms with Gasteiger partial charge in [0.2, 0.25) is 5.89 Å². The van der Waals surface area contributed by atoms with Gasteiger partial charge in [-0.1, -0.05) is 23.4 Å². The summed E-state index contributed by atoms with van der Waals surface area (Å²) in [5, 5.41) is 3.84. The first-order chi connectivity index (χ1) is 9.70. The third kappa shape index (κ3) is 3.85. The molecule has 1 aromatic heterocycles. The highest BCUT2D eigenvalue weighted by atomic mass is 19.1. The van der Waals surface area contributed by atoms with Crippen LogP contribution in [0, 0.1) is 5.82 Å². The van der Waals surface area contributed by atoms with Crippen molar-refractivity contribution >= 4 is 0 Å². The second-order valence-corrected chi connectivity index (χ2v) is 4.56.